The average molecular weight is 263 g/mol. The minimum absolute atomic E-state index is 0.126. The zero-order valence-electron chi connectivity index (χ0n) is 12.9. The summed E-state index contributed by atoms with van der Waals surface area (Å²) in [6, 6.07) is 0.607. The Balaban J connectivity index is 2.21. The zero-order chi connectivity index (χ0) is 14.4. The molecule has 1 amide bonds. The van der Waals surface area contributed by atoms with Crippen molar-refractivity contribution in [2.24, 2.45) is 12.5 Å². The Morgan fingerprint density at radius 2 is 2.05 bits per heavy atom. The number of nitrogens with zero attached hydrogens (tertiary/aromatic N) is 3. The number of carbonyl (C=O) groups is 1. The van der Waals surface area contributed by atoms with Crippen LogP contribution >= 0.6 is 0 Å². The molecule has 1 aromatic heterocycles. The summed E-state index contributed by atoms with van der Waals surface area (Å²) in [7, 11) is 1.86. The van der Waals surface area contributed by atoms with Crippen LogP contribution in [0.1, 0.15) is 56.6 Å². The summed E-state index contributed by atoms with van der Waals surface area (Å²) >= 11 is 0. The van der Waals surface area contributed by atoms with Crippen molar-refractivity contribution in [3.63, 3.8) is 0 Å². The van der Waals surface area contributed by atoms with Crippen LogP contribution in [0.5, 0.6) is 0 Å². The van der Waals surface area contributed by atoms with E-state index >= 15 is 0 Å². The molecule has 1 fully saturated rings. The van der Waals surface area contributed by atoms with Gasteiger partial charge in [-0.25, -0.2) is 0 Å². The van der Waals surface area contributed by atoms with Crippen LogP contribution in [0.2, 0.25) is 0 Å². The van der Waals surface area contributed by atoms with Gasteiger partial charge in [-0.2, -0.15) is 5.10 Å². The molecule has 1 heterocycles. The number of amides is 1. The number of rotatable bonds is 3. The molecule has 2 rings (SSSR count). The van der Waals surface area contributed by atoms with Crippen molar-refractivity contribution >= 4 is 5.91 Å². The van der Waals surface area contributed by atoms with Gasteiger partial charge in [0.2, 0.25) is 0 Å². The molecule has 0 spiro atoms. The molecule has 1 saturated carbocycles. The minimum atomic E-state index is 0.126. The fraction of sp³-hybridized carbons (Fsp3) is 0.733. The predicted molar refractivity (Wildman–Crippen MR) is 76.1 cm³/mol. The van der Waals surface area contributed by atoms with Gasteiger partial charge in [-0.1, -0.05) is 13.8 Å². The number of aromatic nitrogens is 2. The minimum Gasteiger partial charge on any atom is -0.333 e. The molecule has 0 aromatic carbocycles. The lowest BCUT2D eigenvalue weighted by atomic mass is 9.67. The molecular formula is C15H25N3O. The van der Waals surface area contributed by atoms with Crippen LogP contribution in [0.3, 0.4) is 0 Å². The molecule has 1 aliphatic rings. The molecule has 0 radical (unpaired) electrons. The van der Waals surface area contributed by atoms with Crippen molar-refractivity contribution in [1.82, 2.24) is 14.7 Å². The van der Waals surface area contributed by atoms with Crippen molar-refractivity contribution in [3.05, 3.63) is 17.5 Å². The van der Waals surface area contributed by atoms with Crippen molar-refractivity contribution in [2.45, 2.75) is 59.5 Å². The highest BCUT2D eigenvalue weighted by atomic mass is 16.2. The maximum atomic E-state index is 12.7. The topological polar surface area (TPSA) is 38.1 Å². The van der Waals surface area contributed by atoms with Crippen molar-refractivity contribution in [2.75, 3.05) is 0 Å². The third kappa shape index (κ3) is 2.67. The van der Waals surface area contributed by atoms with Crippen LogP contribution in [0.15, 0.2) is 6.20 Å². The van der Waals surface area contributed by atoms with E-state index in [1.165, 1.54) is 0 Å². The normalized spacial score (nSPS) is 18.5. The first-order chi connectivity index (χ1) is 8.71. The highest BCUT2D eigenvalue weighted by molar-refractivity contribution is 5.95. The number of carbonyl (C=O) groups excluding carboxylic acids is 1. The summed E-state index contributed by atoms with van der Waals surface area (Å²) in [6.07, 6.45) is 4.02. The molecule has 0 aliphatic heterocycles. The molecule has 4 heteroatoms. The van der Waals surface area contributed by atoms with Crippen LogP contribution in [0.4, 0.5) is 0 Å². The fourth-order valence-electron chi connectivity index (χ4n) is 3.18. The lowest BCUT2D eigenvalue weighted by Gasteiger charge is -2.49. The van der Waals surface area contributed by atoms with Crippen LogP contribution in [0, 0.1) is 12.3 Å². The second kappa shape index (κ2) is 4.66. The van der Waals surface area contributed by atoms with E-state index in [4.69, 9.17) is 0 Å². The molecule has 106 valence electrons. The van der Waals surface area contributed by atoms with Gasteiger partial charge in [0.1, 0.15) is 0 Å². The smallest absolute Gasteiger partial charge is 0.257 e. The van der Waals surface area contributed by atoms with Gasteiger partial charge in [0.15, 0.2) is 0 Å². The van der Waals surface area contributed by atoms with Crippen LogP contribution in [0.25, 0.3) is 0 Å². The van der Waals surface area contributed by atoms with E-state index in [2.05, 4.69) is 32.8 Å². The highest BCUT2D eigenvalue weighted by Crippen LogP contribution is 2.43. The summed E-state index contributed by atoms with van der Waals surface area (Å²) in [4.78, 5) is 14.8. The van der Waals surface area contributed by atoms with Gasteiger partial charge < -0.3 is 4.90 Å². The number of hydrogen-bond acceptors (Lipinski definition) is 2. The fourth-order valence-corrected chi connectivity index (χ4v) is 3.18. The number of hydrogen-bond donors (Lipinski definition) is 0. The SMILES string of the molecule is Cc1nn(C)cc1C(=O)N(C(C)C)C1CC(C)(C)C1. The van der Waals surface area contributed by atoms with E-state index in [0.29, 0.717) is 11.5 Å². The maximum absolute atomic E-state index is 12.7. The summed E-state index contributed by atoms with van der Waals surface area (Å²) in [5.74, 6) is 0.126. The van der Waals surface area contributed by atoms with E-state index in [1.807, 2.05) is 25.1 Å². The van der Waals surface area contributed by atoms with Crippen molar-refractivity contribution in [3.8, 4) is 0 Å². The molecule has 0 atom stereocenters. The van der Waals surface area contributed by atoms with Crippen molar-refractivity contribution in [1.29, 1.82) is 0 Å². The first-order valence-electron chi connectivity index (χ1n) is 7.04. The number of aryl methyl sites for hydroxylation is 2. The van der Waals surface area contributed by atoms with E-state index in [0.717, 1.165) is 24.1 Å². The molecule has 0 saturated heterocycles. The van der Waals surface area contributed by atoms with Crippen molar-refractivity contribution < 1.29 is 4.79 Å². The molecule has 19 heavy (non-hydrogen) atoms. The lowest BCUT2D eigenvalue weighted by Crippen LogP contribution is -2.53. The second-order valence-electron chi connectivity index (χ2n) is 6.83. The Labute approximate surface area is 115 Å². The van der Waals surface area contributed by atoms with Gasteiger partial charge in [-0.3, -0.25) is 9.48 Å². The third-order valence-electron chi connectivity index (χ3n) is 4.00. The Kier molecular flexibility index (Phi) is 3.45. The van der Waals surface area contributed by atoms with Gasteiger partial charge in [-0.15, -0.1) is 0 Å². The van der Waals surface area contributed by atoms with Gasteiger partial charge >= 0.3 is 0 Å². The van der Waals surface area contributed by atoms with Gasteiger partial charge in [0.25, 0.3) is 5.91 Å². The average Bonchev–Trinajstić information content (AvgIpc) is 2.54. The largest absolute Gasteiger partial charge is 0.333 e. The molecule has 0 bridgehead atoms. The summed E-state index contributed by atoms with van der Waals surface area (Å²) < 4.78 is 1.71. The van der Waals surface area contributed by atoms with Gasteiger partial charge in [0.05, 0.1) is 11.3 Å². The Morgan fingerprint density at radius 3 is 2.42 bits per heavy atom. The van der Waals surface area contributed by atoms with E-state index in [9.17, 15) is 4.79 Å². The Bertz CT molecular complexity index is 480. The van der Waals surface area contributed by atoms with Gasteiger partial charge in [0, 0.05) is 25.3 Å². The predicted octanol–water partition coefficient (Wildman–Crippen LogP) is 2.77. The van der Waals surface area contributed by atoms with E-state index in [1.54, 1.807) is 4.68 Å². The quantitative estimate of drug-likeness (QED) is 0.841. The van der Waals surface area contributed by atoms with Crippen LogP contribution in [-0.2, 0) is 7.05 Å². The Hall–Kier alpha value is -1.32. The maximum Gasteiger partial charge on any atom is 0.257 e. The lowest BCUT2D eigenvalue weighted by molar-refractivity contribution is 0.0103. The first-order valence-corrected chi connectivity index (χ1v) is 7.04. The van der Waals surface area contributed by atoms with Crippen LogP contribution in [-0.4, -0.2) is 32.7 Å². The first kappa shape index (κ1) is 14.1. The monoisotopic (exact) mass is 263 g/mol. The standard InChI is InChI=1S/C15H25N3O/c1-10(2)18(12-7-15(4,5)8-12)14(19)13-9-17(6)16-11(13)3/h9-10,12H,7-8H2,1-6H3. The van der Waals surface area contributed by atoms with Gasteiger partial charge in [-0.05, 0) is 39.0 Å². The van der Waals surface area contributed by atoms with E-state index in [-0.39, 0.29) is 11.9 Å². The second-order valence-corrected chi connectivity index (χ2v) is 6.83. The van der Waals surface area contributed by atoms with Crippen LogP contribution < -0.4 is 0 Å². The molecular weight excluding hydrogens is 238 g/mol. The van der Waals surface area contributed by atoms with E-state index < -0.39 is 0 Å². The molecule has 1 aromatic rings. The highest BCUT2D eigenvalue weighted by Gasteiger charge is 2.42. The zero-order valence-corrected chi connectivity index (χ0v) is 12.9. The Morgan fingerprint density at radius 1 is 1.47 bits per heavy atom. The third-order valence-corrected chi connectivity index (χ3v) is 4.00. The summed E-state index contributed by atoms with van der Waals surface area (Å²) in [6.45, 7) is 10.6. The summed E-state index contributed by atoms with van der Waals surface area (Å²) in [5.41, 5.74) is 1.93. The molecule has 0 unspecified atom stereocenters. The molecule has 1 aliphatic carbocycles. The summed E-state index contributed by atoms with van der Waals surface area (Å²) in [5, 5.41) is 4.27. The molecule has 4 nitrogen and oxygen atoms in total. The molecule has 0 N–H and O–H groups in total.